The highest BCUT2D eigenvalue weighted by Crippen LogP contribution is 2.48. The molecule has 5 rings (SSSR count). The normalized spacial score (nSPS) is 20.0. The maximum absolute atomic E-state index is 13.2. The number of ether oxygens (including phenoxy) is 4. The molecule has 198 valence electrons. The summed E-state index contributed by atoms with van der Waals surface area (Å²) in [5.74, 6) is -0.864. The van der Waals surface area contributed by atoms with Crippen LogP contribution < -0.4 is 4.74 Å². The summed E-state index contributed by atoms with van der Waals surface area (Å²) in [6, 6.07) is 5.83. The van der Waals surface area contributed by atoms with Gasteiger partial charge in [-0.15, -0.1) is 0 Å². The Morgan fingerprint density at radius 1 is 1.24 bits per heavy atom. The van der Waals surface area contributed by atoms with Crippen molar-refractivity contribution in [1.29, 1.82) is 0 Å². The Morgan fingerprint density at radius 3 is 2.71 bits per heavy atom. The van der Waals surface area contributed by atoms with Crippen LogP contribution in [0.3, 0.4) is 0 Å². The summed E-state index contributed by atoms with van der Waals surface area (Å²) in [5, 5.41) is 1.04. The molecule has 0 unspecified atom stereocenters. The van der Waals surface area contributed by atoms with Crippen LogP contribution in [0.5, 0.6) is 5.75 Å². The van der Waals surface area contributed by atoms with E-state index in [9.17, 15) is 14.4 Å². The minimum Gasteiger partial charge on any atom is -0.497 e. The van der Waals surface area contributed by atoms with Crippen LogP contribution in [0.15, 0.2) is 47.7 Å². The van der Waals surface area contributed by atoms with Crippen LogP contribution in [-0.4, -0.2) is 60.1 Å². The van der Waals surface area contributed by atoms with Gasteiger partial charge in [0.1, 0.15) is 25.6 Å². The van der Waals surface area contributed by atoms with Crippen LogP contribution in [0.4, 0.5) is 0 Å². The number of benzene rings is 1. The van der Waals surface area contributed by atoms with Crippen LogP contribution in [0, 0.1) is 0 Å². The van der Waals surface area contributed by atoms with Crippen LogP contribution in [0.2, 0.25) is 0 Å². The number of Topliss-reactive ketones (excluding diaryl/α,β-unsaturated/α-hetero) is 1. The molecule has 0 saturated carbocycles. The van der Waals surface area contributed by atoms with E-state index in [0.29, 0.717) is 23.4 Å². The molecule has 0 fully saturated rings. The molecule has 9 heteroatoms. The summed E-state index contributed by atoms with van der Waals surface area (Å²) in [6.07, 6.45) is 2.83. The second-order valence-corrected chi connectivity index (χ2v) is 9.53. The Labute approximate surface area is 220 Å². The van der Waals surface area contributed by atoms with Crippen molar-refractivity contribution in [1.82, 2.24) is 9.88 Å². The number of nitrogens with zero attached hydrogens (tertiary/aromatic N) is 2. The number of pyridine rings is 1. The molecule has 9 nitrogen and oxygen atoms in total. The smallest absolute Gasteiger partial charge is 0.355 e. The number of hydrogen-bond donors (Lipinski definition) is 0. The van der Waals surface area contributed by atoms with Crippen molar-refractivity contribution < 1.29 is 33.3 Å². The van der Waals surface area contributed by atoms with Gasteiger partial charge in [0.05, 0.1) is 30.6 Å². The first kappa shape index (κ1) is 25.7. The van der Waals surface area contributed by atoms with Gasteiger partial charge in [-0.25, -0.2) is 14.6 Å². The van der Waals surface area contributed by atoms with Gasteiger partial charge in [-0.2, -0.15) is 0 Å². The highest BCUT2D eigenvalue weighted by Gasteiger charge is 2.52. The lowest BCUT2D eigenvalue weighted by atomic mass is 9.81. The van der Waals surface area contributed by atoms with E-state index in [1.165, 1.54) is 12.5 Å². The highest BCUT2D eigenvalue weighted by atomic mass is 16.6. The largest absolute Gasteiger partial charge is 0.497 e. The predicted octanol–water partition coefficient (Wildman–Crippen LogP) is 3.64. The van der Waals surface area contributed by atoms with Crippen LogP contribution >= 0.6 is 0 Å². The topological polar surface area (TPSA) is 104 Å². The first-order valence-electron chi connectivity index (χ1n) is 12.6. The molecule has 0 saturated heterocycles. The highest BCUT2D eigenvalue weighted by molar-refractivity contribution is 5.94. The van der Waals surface area contributed by atoms with Gasteiger partial charge < -0.3 is 23.8 Å². The fourth-order valence-electron chi connectivity index (χ4n) is 5.45. The van der Waals surface area contributed by atoms with E-state index in [2.05, 4.69) is 18.4 Å². The SMILES string of the molecule is C=C1C2=C(C=C3c4nc5ccc(OC)cc5c(CC)c4CN13)[C@](CC)(OC(=O)COCC(C)=O)C(=O)OC2. The average molecular weight is 519 g/mol. The first-order chi connectivity index (χ1) is 18.2. The summed E-state index contributed by atoms with van der Waals surface area (Å²) in [5.41, 5.74) is 4.96. The molecule has 0 aliphatic carbocycles. The van der Waals surface area contributed by atoms with Gasteiger partial charge in [-0.05, 0) is 49.6 Å². The van der Waals surface area contributed by atoms with E-state index in [1.54, 1.807) is 14.0 Å². The van der Waals surface area contributed by atoms with Crippen LogP contribution in [0.25, 0.3) is 16.6 Å². The molecule has 4 heterocycles. The van der Waals surface area contributed by atoms with Crippen LogP contribution in [-0.2, 0) is 41.6 Å². The summed E-state index contributed by atoms with van der Waals surface area (Å²) in [7, 11) is 1.64. The van der Waals surface area contributed by atoms with Gasteiger partial charge in [0, 0.05) is 27.8 Å². The fraction of sp³-hybridized carbons (Fsp3) is 0.379. The minimum absolute atomic E-state index is 0.0248. The maximum Gasteiger partial charge on any atom is 0.355 e. The lowest BCUT2D eigenvalue weighted by Gasteiger charge is -2.41. The zero-order valence-corrected chi connectivity index (χ0v) is 22.0. The molecule has 38 heavy (non-hydrogen) atoms. The number of methoxy groups -OCH3 is 1. The van der Waals surface area contributed by atoms with Crippen molar-refractivity contribution in [2.45, 2.75) is 45.8 Å². The standard InChI is InChI=1S/C29H30N2O7/c1-6-19-20-10-18(35-5)8-9-24(20)30-27-21(19)12-31-17(4)22-14-37-28(34)29(7-2,23(22)11-25(27)31)38-26(33)15-36-13-16(3)32/h8-11H,4,6-7,12-15H2,1-3,5H3/t29-/m0/s1. The molecule has 1 atom stereocenters. The van der Waals surface area contributed by atoms with Gasteiger partial charge in [0.2, 0.25) is 5.60 Å². The number of esters is 2. The van der Waals surface area contributed by atoms with Crippen molar-refractivity contribution in [2.75, 3.05) is 26.9 Å². The van der Waals surface area contributed by atoms with E-state index >= 15 is 0 Å². The van der Waals surface area contributed by atoms with Crippen LogP contribution in [0.1, 0.15) is 44.0 Å². The summed E-state index contributed by atoms with van der Waals surface area (Å²) < 4.78 is 21.9. The van der Waals surface area contributed by atoms with Crippen molar-refractivity contribution in [3.8, 4) is 5.75 Å². The van der Waals surface area contributed by atoms with E-state index in [4.69, 9.17) is 23.9 Å². The fourth-order valence-corrected chi connectivity index (χ4v) is 5.45. The van der Waals surface area contributed by atoms with E-state index in [-0.39, 0.29) is 25.4 Å². The molecule has 0 spiro atoms. The maximum atomic E-state index is 13.2. The number of cyclic esters (lactones) is 1. The molecular weight excluding hydrogens is 488 g/mol. The van der Waals surface area contributed by atoms with Gasteiger partial charge in [0.25, 0.3) is 0 Å². The van der Waals surface area contributed by atoms with Crippen molar-refractivity contribution in [2.24, 2.45) is 0 Å². The molecule has 1 aromatic carbocycles. The molecule has 0 amide bonds. The number of carbonyl (C=O) groups excluding carboxylic acids is 3. The Morgan fingerprint density at radius 2 is 2.03 bits per heavy atom. The zero-order chi connectivity index (χ0) is 27.2. The Hall–Kier alpha value is -3.98. The predicted molar refractivity (Wildman–Crippen MR) is 139 cm³/mol. The number of ketones is 1. The van der Waals surface area contributed by atoms with E-state index in [1.807, 2.05) is 24.3 Å². The second-order valence-electron chi connectivity index (χ2n) is 9.53. The average Bonchev–Trinajstić information content (AvgIpc) is 3.27. The van der Waals surface area contributed by atoms with Crippen molar-refractivity contribution >= 4 is 34.3 Å². The lowest BCUT2D eigenvalue weighted by Crippen LogP contribution is -2.51. The third kappa shape index (κ3) is 3.98. The summed E-state index contributed by atoms with van der Waals surface area (Å²) in [4.78, 5) is 44.1. The van der Waals surface area contributed by atoms with E-state index < -0.39 is 24.1 Å². The van der Waals surface area contributed by atoms with Gasteiger partial charge in [-0.3, -0.25) is 4.79 Å². The minimum atomic E-state index is -1.66. The Kier molecular flexibility index (Phi) is 6.56. The molecule has 3 aliphatic heterocycles. The molecule has 0 bridgehead atoms. The van der Waals surface area contributed by atoms with Crippen molar-refractivity contribution in [3.63, 3.8) is 0 Å². The number of hydrogen-bond acceptors (Lipinski definition) is 9. The van der Waals surface area contributed by atoms with Gasteiger partial charge in [-0.1, -0.05) is 20.4 Å². The Balaban J connectivity index is 1.60. The number of carbonyl (C=O) groups is 3. The molecule has 0 N–H and O–H groups in total. The van der Waals surface area contributed by atoms with Crippen molar-refractivity contribution in [3.05, 3.63) is 64.5 Å². The molecular formula is C29H30N2O7. The second kappa shape index (κ2) is 9.72. The quantitative estimate of drug-likeness (QED) is 0.485. The molecule has 0 radical (unpaired) electrons. The third-order valence-electron chi connectivity index (χ3n) is 7.32. The zero-order valence-electron chi connectivity index (χ0n) is 22.0. The molecule has 3 aliphatic rings. The number of aromatic nitrogens is 1. The third-order valence-corrected chi connectivity index (χ3v) is 7.32. The number of fused-ring (bicyclic) bond motifs is 4. The number of aryl methyl sites for hydroxylation is 1. The first-order valence-corrected chi connectivity index (χ1v) is 12.6. The monoisotopic (exact) mass is 518 g/mol. The Bertz CT molecular complexity index is 1450. The summed E-state index contributed by atoms with van der Waals surface area (Å²) in [6.45, 7) is 9.49. The number of rotatable bonds is 8. The molecule has 2 aromatic rings. The lowest BCUT2D eigenvalue weighted by molar-refractivity contribution is -0.182. The van der Waals surface area contributed by atoms with Gasteiger partial charge >= 0.3 is 11.9 Å². The molecule has 1 aromatic heterocycles. The van der Waals surface area contributed by atoms with E-state index in [0.717, 1.165) is 40.0 Å². The summed E-state index contributed by atoms with van der Waals surface area (Å²) >= 11 is 0. The van der Waals surface area contributed by atoms with Gasteiger partial charge in [0.15, 0.2) is 5.78 Å².